The van der Waals surface area contributed by atoms with Crippen LogP contribution in [0.25, 0.3) is 0 Å². The van der Waals surface area contributed by atoms with Gasteiger partial charge in [-0.25, -0.2) is 0 Å². The molecular formula is C15H28N2O2. The van der Waals surface area contributed by atoms with Crippen molar-refractivity contribution >= 4 is 5.91 Å². The summed E-state index contributed by atoms with van der Waals surface area (Å²) in [6.07, 6.45) is 3.23. The van der Waals surface area contributed by atoms with Gasteiger partial charge in [0.25, 0.3) is 0 Å². The number of carbonyl (C=O) groups is 1. The Hall–Kier alpha value is -0.610. The second-order valence-electron chi connectivity index (χ2n) is 6.49. The molecule has 110 valence electrons. The van der Waals surface area contributed by atoms with Gasteiger partial charge in [0.1, 0.15) is 0 Å². The molecule has 0 aromatic rings. The minimum Gasteiger partial charge on any atom is -0.378 e. The van der Waals surface area contributed by atoms with E-state index in [0.29, 0.717) is 18.1 Å². The molecule has 4 heteroatoms. The van der Waals surface area contributed by atoms with Crippen LogP contribution in [0, 0.1) is 11.3 Å². The summed E-state index contributed by atoms with van der Waals surface area (Å²) in [5.74, 6) is 0.544. The van der Waals surface area contributed by atoms with E-state index >= 15 is 0 Å². The van der Waals surface area contributed by atoms with E-state index in [4.69, 9.17) is 4.74 Å². The number of ether oxygens (including phenoxy) is 1. The first-order chi connectivity index (χ1) is 8.98. The number of piperidine rings is 1. The number of rotatable bonds is 4. The topological polar surface area (TPSA) is 41.6 Å². The summed E-state index contributed by atoms with van der Waals surface area (Å²) < 4.78 is 5.75. The number of nitrogens with one attached hydrogen (secondary N) is 1. The average molecular weight is 268 g/mol. The smallest absolute Gasteiger partial charge is 0.225 e. The zero-order chi connectivity index (χ0) is 14.0. The molecule has 1 aliphatic heterocycles. The van der Waals surface area contributed by atoms with Crippen molar-refractivity contribution in [3.8, 4) is 0 Å². The van der Waals surface area contributed by atoms with E-state index in [1.165, 1.54) is 0 Å². The molecule has 4 nitrogen and oxygen atoms in total. The molecule has 19 heavy (non-hydrogen) atoms. The summed E-state index contributed by atoms with van der Waals surface area (Å²) in [5, 5.41) is 3.32. The van der Waals surface area contributed by atoms with Gasteiger partial charge in [0.05, 0.1) is 6.10 Å². The Morgan fingerprint density at radius 2 is 2.00 bits per heavy atom. The Kier molecular flexibility index (Phi) is 4.51. The molecule has 1 amide bonds. The van der Waals surface area contributed by atoms with Crippen LogP contribution >= 0.6 is 0 Å². The van der Waals surface area contributed by atoms with Gasteiger partial charge in [-0.05, 0) is 39.3 Å². The molecule has 1 N–H and O–H groups in total. The molecule has 1 saturated heterocycles. The van der Waals surface area contributed by atoms with Gasteiger partial charge in [-0.15, -0.1) is 0 Å². The van der Waals surface area contributed by atoms with Crippen LogP contribution in [0.1, 0.15) is 40.0 Å². The number of hydrogen-bond donors (Lipinski definition) is 1. The maximum atomic E-state index is 12.5. The average Bonchev–Trinajstić information content (AvgIpc) is 2.42. The van der Waals surface area contributed by atoms with Crippen LogP contribution in [-0.4, -0.2) is 49.7 Å². The predicted octanol–water partition coefficient (Wildman–Crippen LogP) is 1.65. The molecule has 2 atom stereocenters. The monoisotopic (exact) mass is 268 g/mol. The van der Waals surface area contributed by atoms with E-state index < -0.39 is 0 Å². The molecule has 0 aromatic carbocycles. The van der Waals surface area contributed by atoms with Crippen LogP contribution in [0.4, 0.5) is 0 Å². The van der Waals surface area contributed by atoms with Gasteiger partial charge in [-0.3, -0.25) is 4.79 Å². The standard InChI is InChI=1S/C15H28N2O2/c1-5-19-13-10-12(15(13,2)3)17(4)14(18)11-6-8-16-9-7-11/h11-13,16H,5-10H2,1-4H3/t12-,13-/m0/s1. The molecule has 2 aliphatic rings. The van der Waals surface area contributed by atoms with Crippen molar-refractivity contribution in [2.24, 2.45) is 11.3 Å². The first-order valence-corrected chi connectivity index (χ1v) is 7.57. The van der Waals surface area contributed by atoms with E-state index in [2.05, 4.69) is 19.2 Å². The molecular weight excluding hydrogens is 240 g/mol. The minimum atomic E-state index is 0.0767. The SMILES string of the molecule is CCO[C@H]1C[C@H](N(C)C(=O)C2CCNCC2)C1(C)C. The summed E-state index contributed by atoms with van der Waals surface area (Å²) in [4.78, 5) is 14.5. The maximum absolute atomic E-state index is 12.5. The zero-order valence-electron chi connectivity index (χ0n) is 12.7. The molecule has 2 rings (SSSR count). The van der Waals surface area contributed by atoms with Crippen LogP contribution in [0.2, 0.25) is 0 Å². The summed E-state index contributed by atoms with van der Waals surface area (Å²) in [5.41, 5.74) is 0.0767. The highest BCUT2D eigenvalue weighted by molar-refractivity contribution is 5.79. The van der Waals surface area contributed by atoms with Crippen LogP contribution in [0.3, 0.4) is 0 Å². The molecule has 0 unspecified atom stereocenters. The first kappa shape index (κ1) is 14.8. The Bertz CT molecular complexity index is 324. The summed E-state index contributed by atoms with van der Waals surface area (Å²) in [6.45, 7) is 9.17. The normalized spacial score (nSPS) is 30.7. The van der Waals surface area contributed by atoms with Gasteiger partial charge in [0.15, 0.2) is 0 Å². The van der Waals surface area contributed by atoms with Gasteiger partial charge in [0.2, 0.25) is 5.91 Å². The zero-order valence-corrected chi connectivity index (χ0v) is 12.7. The Morgan fingerprint density at radius 3 is 2.53 bits per heavy atom. The Morgan fingerprint density at radius 1 is 1.37 bits per heavy atom. The lowest BCUT2D eigenvalue weighted by molar-refractivity contribution is -0.166. The maximum Gasteiger partial charge on any atom is 0.225 e. The van der Waals surface area contributed by atoms with E-state index in [9.17, 15) is 4.79 Å². The fourth-order valence-electron chi connectivity index (χ4n) is 3.52. The third-order valence-corrected chi connectivity index (χ3v) is 5.00. The second-order valence-corrected chi connectivity index (χ2v) is 6.49. The highest BCUT2D eigenvalue weighted by Crippen LogP contribution is 2.45. The summed E-state index contributed by atoms with van der Waals surface area (Å²) in [7, 11) is 1.97. The van der Waals surface area contributed by atoms with Gasteiger partial charge in [0, 0.05) is 31.0 Å². The van der Waals surface area contributed by atoms with E-state index in [0.717, 1.165) is 39.0 Å². The summed E-state index contributed by atoms with van der Waals surface area (Å²) in [6, 6.07) is 0.325. The first-order valence-electron chi connectivity index (χ1n) is 7.57. The highest BCUT2D eigenvalue weighted by atomic mass is 16.5. The van der Waals surface area contributed by atoms with Crippen molar-refractivity contribution < 1.29 is 9.53 Å². The quantitative estimate of drug-likeness (QED) is 0.843. The van der Waals surface area contributed by atoms with Crippen molar-refractivity contribution in [1.82, 2.24) is 10.2 Å². The van der Waals surface area contributed by atoms with E-state index in [1.54, 1.807) is 0 Å². The van der Waals surface area contributed by atoms with Crippen molar-refractivity contribution in [2.75, 3.05) is 26.7 Å². The molecule has 1 aliphatic carbocycles. The van der Waals surface area contributed by atoms with Crippen LogP contribution in [0.5, 0.6) is 0 Å². The number of amides is 1. The molecule has 0 spiro atoms. The van der Waals surface area contributed by atoms with Gasteiger partial charge in [-0.1, -0.05) is 13.8 Å². The van der Waals surface area contributed by atoms with Gasteiger partial charge >= 0.3 is 0 Å². The molecule has 1 saturated carbocycles. The summed E-state index contributed by atoms with van der Waals surface area (Å²) >= 11 is 0. The van der Waals surface area contributed by atoms with E-state index in [-0.39, 0.29) is 11.3 Å². The molecule has 0 aromatic heterocycles. The van der Waals surface area contributed by atoms with Crippen LogP contribution in [-0.2, 0) is 9.53 Å². The van der Waals surface area contributed by atoms with Crippen molar-refractivity contribution in [2.45, 2.75) is 52.2 Å². The van der Waals surface area contributed by atoms with Crippen molar-refractivity contribution in [3.63, 3.8) is 0 Å². The fraction of sp³-hybridized carbons (Fsp3) is 0.933. The third-order valence-electron chi connectivity index (χ3n) is 5.00. The van der Waals surface area contributed by atoms with Crippen molar-refractivity contribution in [3.05, 3.63) is 0 Å². The van der Waals surface area contributed by atoms with Crippen LogP contribution in [0.15, 0.2) is 0 Å². The largest absolute Gasteiger partial charge is 0.378 e. The van der Waals surface area contributed by atoms with Crippen LogP contribution < -0.4 is 5.32 Å². The van der Waals surface area contributed by atoms with E-state index in [1.807, 2.05) is 18.9 Å². The number of hydrogen-bond acceptors (Lipinski definition) is 3. The third kappa shape index (κ3) is 2.79. The minimum absolute atomic E-state index is 0.0767. The Labute approximate surface area is 116 Å². The lowest BCUT2D eigenvalue weighted by atomic mass is 9.63. The number of carbonyl (C=O) groups excluding carboxylic acids is 1. The molecule has 1 heterocycles. The highest BCUT2D eigenvalue weighted by Gasteiger charge is 2.52. The molecule has 0 bridgehead atoms. The van der Waals surface area contributed by atoms with Crippen molar-refractivity contribution in [1.29, 1.82) is 0 Å². The predicted molar refractivity (Wildman–Crippen MR) is 76.0 cm³/mol. The second kappa shape index (κ2) is 5.80. The van der Waals surface area contributed by atoms with Gasteiger partial charge in [-0.2, -0.15) is 0 Å². The lowest BCUT2D eigenvalue weighted by Gasteiger charge is -2.55. The molecule has 0 radical (unpaired) electrons. The fourth-order valence-corrected chi connectivity index (χ4v) is 3.52. The van der Waals surface area contributed by atoms with Gasteiger partial charge < -0.3 is 15.0 Å². The number of nitrogens with zero attached hydrogens (tertiary/aromatic N) is 1. The Balaban J connectivity index is 1.93. The lowest BCUT2D eigenvalue weighted by Crippen LogP contribution is -2.63. The molecule has 2 fully saturated rings.